The Bertz CT molecular complexity index is 1290. The number of hydrogen-bond acceptors (Lipinski definition) is 4. The maximum absolute atomic E-state index is 13.5. The number of nitrogens with one attached hydrogen (secondary N) is 2. The maximum Gasteiger partial charge on any atom is 0.262 e. The Hall–Kier alpha value is -4.58. The summed E-state index contributed by atoms with van der Waals surface area (Å²) in [4.78, 5) is 27.4. The van der Waals surface area contributed by atoms with Gasteiger partial charge >= 0.3 is 0 Å². The lowest BCUT2D eigenvalue weighted by Gasteiger charge is -2.38. The molecular weight excluding hydrogens is 426 g/mol. The van der Waals surface area contributed by atoms with Gasteiger partial charge in [-0.15, -0.1) is 0 Å². The highest BCUT2D eigenvalue weighted by molar-refractivity contribution is 6.12. The summed E-state index contributed by atoms with van der Waals surface area (Å²) in [7, 11) is 0. The summed E-state index contributed by atoms with van der Waals surface area (Å²) in [6.45, 7) is -0.113. The summed E-state index contributed by atoms with van der Waals surface area (Å²) in [6.07, 6.45) is -0.355. The van der Waals surface area contributed by atoms with Gasteiger partial charge in [-0.1, -0.05) is 60.7 Å². The minimum atomic E-state index is -0.355. The highest BCUT2D eigenvalue weighted by atomic mass is 16.5. The molecule has 5 rings (SSSR count). The predicted molar refractivity (Wildman–Crippen MR) is 133 cm³/mol. The van der Waals surface area contributed by atoms with Crippen molar-refractivity contribution in [3.63, 3.8) is 0 Å². The van der Waals surface area contributed by atoms with E-state index in [0.29, 0.717) is 11.3 Å². The van der Waals surface area contributed by atoms with E-state index in [2.05, 4.69) is 10.6 Å². The highest BCUT2D eigenvalue weighted by Crippen LogP contribution is 2.37. The van der Waals surface area contributed by atoms with Crippen molar-refractivity contribution in [3.8, 4) is 5.75 Å². The van der Waals surface area contributed by atoms with Crippen molar-refractivity contribution in [2.75, 3.05) is 22.1 Å². The first kappa shape index (κ1) is 21.3. The van der Waals surface area contributed by atoms with Crippen molar-refractivity contribution in [2.24, 2.45) is 0 Å². The zero-order valence-corrected chi connectivity index (χ0v) is 18.3. The Morgan fingerprint density at radius 3 is 2.21 bits per heavy atom. The molecule has 4 aromatic carbocycles. The summed E-state index contributed by atoms with van der Waals surface area (Å²) in [6, 6.07) is 33.8. The number of benzene rings is 4. The Morgan fingerprint density at radius 1 is 0.824 bits per heavy atom. The molecule has 168 valence electrons. The van der Waals surface area contributed by atoms with Gasteiger partial charge in [0.2, 0.25) is 0 Å². The zero-order valence-electron chi connectivity index (χ0n) is 18.3. The Kier molecular flexibility index (Phi) is 5.95. The summed E-state index contributed by atoms with van der Waals surface area (Å²) >= 11 is 0. The molecule has 0 aliphatic carbocycles. The van der Waals surface area contributed by atoms with Gasteiger partial charge in [-0.3, -0.25) is 14.5 Å². The van der Waals surface area contributed by atoms with Crippen LogP contribution in [0, 0.1) is 0 Å². The van der Waals surface area contributed by atoms with Crippen molar-refractivity contribution < 1.29 is 14.3 Å². The smallest absolute Gasteiger partial charge is 0.262 e. The summed E-state index contributed by atoms with van der Waals surface area (Å²) in [5.41, 5.74) is 3.84. The van der Waals surface area contributed by atoms with Gasteiger partial charge in [-0.2, -0.15) is 0 Å². The molecule has 1 heterocycles. The first-order valence-corrected chi connectivity index (χ1v) is 11.0. The molecule has 0 saturated carbocycles. The van der Waals surface area contributed by atoms with Crippen LogP contribution >= 0.6 is 0 Å². The van der Waals surface area contributed by atoms with Crippen molar-refractivity contribution >= 4 is 28.9 Å². The number of rotatable bonds is 6. The van der Waals surface area contributed by atoms with E-state index in [-0.39, 0.29) is 24.6 Å². The third kappa shape index (κ3) is 4.47. The van der Waals surface area contributed by atoms with Crippen LogP contribution < -0.4 is 20.3 Å². The molecule has 6 heteroatoms. The second kappa shape index (κ2) is 9.50. The Morgan fingerprint density at radius 2 is 1.47 bits per heavy atom. The van der Waals surface area contributed by atoms with Crippen LogP contribution in [0.1, 0.15) is 22.1 Å². The van der Waals surface area contributed by atoms with Gasteiger partial charge in [0, 0.05) is 17.1 Å². The SMILES string of the molecule is O=C(COc1ccc(N2C(=O)c3ccccc3N[C@H]2c2ccccc2)cc1)Nc1ccccc1. The second-order valence-corrected chi connectivity index (χ2v) is 7.88. The van der Waals surface area contributed by atoms with Crippen molar-refractivity contribution in [1.29, 1.82) is 0 Å². The van der Waals surface area contributed by atoms with E-state index in [1.54, 1.807) is 17.0 Å². The second-order valence-electron chi connectivity index (χ2n) is 7.88. The normalized spacial score (nSPS) is 14.6. The molecule has 0 radical (unpaired) electrons. The van der Waals surface area contributed by atoms with E-state index in [9.17, 15) is 9.59 Å². The van der Waals surface area contributed by atoms with E-state index in [0.717, 1.165) is 22.6 Å². The molecular formula is C28H23N3O3. The van der Waals surface area contributed by atoms with Gasteiger partial charge in [0.25, 0.3) is 11.8 Å². The van der Waals surface area contributed by atoms with Gasteiger partial charge in [-0.05, 0) is 54.1 Å². The third-order valence-electron chi connectivity index (χ3n) is 5.58. The minimum absolute atomic E-state index is 0.0842. The number of anilines is 3. The molecule has 1 atom stereocenters. The molecule has 2 amide bonds. The summed E-state index contributed by atoms with van der Waals surface area (Å²) in [5.74, 6) is 0.214. The van der Waals surface area contributed by atoms with Crippen LogP contribution in [0.4, 0.5) is 17.1 Å². The first-order valence-electron chi connectivity index (χ1n) is 11.0. The lowest BCUT2D eigenvalue weighted by Crippen LogP contribution is -2.43. The maximum atomic E-state index is 13.5. The molecule has 1 aliphatic rings. The molecule has 6 nitrogen and oxygen atoms in total. The van der Waals surface area contributed by atoms with Gasteiger partial charge in [-0.25, -0.2) is 0 Å². The Labute approximate surface area is 197 Å². The fourth-order valence-electron chi connectivity index (χ4n) is 3.96. The van der Waals surface area contributed by atoms with Crippen LogP contribution in [0.5, 0.6) is 5.75 Å². The molecule has 0 aromatic heterocycles. The largest absolute Gasteiger partial charge is 0.484 e. The minimum Gasteiger partial charge on any atom is -0.484 e. The molecule has 2 N–H and O–H groups in total. The molecule has 0 saturated heterocycles. The zero-order chi connectivity index (χ0) is 23.3. The fourth-order valence-corrected chi connectivity index (χ4v) is 3.96. The van der Waals surface area contributed by atoms with Crippen molar-refractivity contribution in [1.82, 2.24) is 0 Å². The van der Waals surface area contributed by atoms with Gasteiger partial charge in [0.15, 0.2) is 6.61 Å². The number of nitrogens with zero attached hydrogens (tertiary/aromatic N) is 1. The molecule has 0 fully saturated rings. The van der Waals surface area contributed by atoms with E-state index in [1.807, 2.05) is 97.1 Å². The van der Waals surface area contributed by atoms with Gasteiger partial charge < -0.3 is 15.4 Å². The number of amides is 2. The third-order valence-corrected chi connectivity index (χ3v) is 5.58. The monoisotopic (exact) mass is 449 g/mol. The van der Waals surface area contributed by atoms with Crippen LogP contribution in [-0.4, -0.2) is 18.4 Å². The Balaban J connectivity index is 1.34. The number of carbonyl (C=O) groups excluding carboxylic acids is 2. The molecule has 4 aromatic rings. The van der Waals surface area contributed by atoms with Crippen LogP contribution in [0.2, 0.25) is 0 Å². The number of fused-ring (bicyclic) bond motifs is 1. The van der Waals surface area contributed by atoms with Crippen LogP contribution in [0.3, 0.4) is 0 Å². The lowest BCUT2D eigenvalue weighted by molar-refractivity contribution is -0.118. The average Bonchev–Trinajstić information content (AvgIpc) is 2.89. The molecule has 0 unspecified atom stereocenters. The number of para-hydroxylation sites is 2. The van der Waals surface area contributed by atoms with E-state index >= 15 is 0 Å². The average molecular weight is 450 g/mol. The van der Waals surface area contributed by atoms with Crippen LogP contribution in [0.25, 0.3) is 0 Å². The number of carbonyl (C=O) groups is 2. The fraction of sp³-hybridized carbons (Fsp3) is 0.0714. The molecule has 0 spiro atoms. The van der Waals surface area contributed by atoms with Crippen LogP contribution in [0.15, 0.2) is 109 Å². The lowest BCUT2D eigenvalue weighted by atomic mass is 10.0. The standard InChI is InChI=1S/C28H23N3O3/c32-26(29-21-11-5-2-6-12-21)19-34-23-17-15-22(16-18-23)31-27(20-9-3-1-4-10-20)30-25-14-8-7-13-24(25)28(31)33/h1-18,27,30H,19H2,(H,29,32)/t27-/m1/s1. The van der Waals surface area contributed by atoms with Crippen molar-refractivity contribution in [2.45, 2.75) is 6.17 Å². The number of ether oxygens (including phenoxy) is 1. The van der Waals surface area contributed by atoms with E-state index in [4.69, 9.17) is 4.74 Å². The highest BCUT2D eigenvalue weighted by Gasteiger charge is 2.33. The molecule has 1 aliphatic heterocycles. The predicted octanol–water partition coefficient (Wildman–Crippen LogP) is 5.48. The van der Waals surface area contributed by atoms with Crippen LogP contribution in [-0.2, 0) is 4.79 Å². The van der Waals surface area contributed by atoms with E-state index < -0.39 is 0 Å². The number of hydrogen-bond donors (Lipinski definition) is 2. The quantitative estimate of drug-likeness (QED) is 0.409. The summed E-state index contributed by atoms with van der Waals surface area (Å²) < 4.78 is 5.65. The van der Waals surface area contributed by atoms with Gasteiger partial charge in [0.05, 0.1) is 5.56 Å². The topological polar surface area (TPSA) is 70.7 Å². The van der Waals surface area contributed by atoms with Gasteiger partial charge in [0.1, 0.15) is 11.9 Å². The molecule has 34 heavy (non-hydrogen) atoms. The van der Waals surface area contributed by atoms with Crippen molar-refractivity contribution in [3.05, 3.63) is 120 Å². The first-order chi connectivity index (χ1) is 16.7. The molecule has 0 bridgehead atoms. The van der Waals surface area contributed by atoms with E-state index in [1.165, 1.54) is 0 Å². The summed E-state index contributed by atoms with van der Waals surface area (Å²) in [5, 5.41) is 6.28.